The van der Waals surface area contributed by atoms with Gasteiger partial charge in [0, 0.05) is 25.9 Å². The molecule has 11 nitrogen and oxygen atoms in total. The molecule has 2 N–H and O–H groups in total. The van der Waals surface area contributed by atoms with Crippen molar-refractivity contribution in [1.29, 1.82) is 0 Å². The summed E-state index contributed by atoms with van der Waals surface area (Å²) in [6.07, 6.45) is 5.04. The summed E-state index contributed by atoms with van der Waals surface area (Å²) in [5.41, 5.74) is 2.73. The van der Waals surface area contributed by atoms with Gasteiger partial charge < -0.3 is 29.7 Å². The number of urea groups is 1. The maximum absolute atomic E-state index is 12.2. The first-order valence-electron chi connectivity index (χ1n) is 11.6. The fourth-order valence-electron chi connectivity index (χ4n) is 4.03. The molecule has 0 atom stereocenters. The molecule has 0 unspecified atom stereocenters. The van der Waals surface area contributed by atoms with Crippen LogP contribution in [-0.4, -0.2) is 86.8 Å². The zero-order chi connectivity index (χ0) is 25.9. The number of hydrogen-bond acceptors (Lipinski definition) is 8. The van der Waals surface area contributed by atoms with Crippen molar-refractivity contribution in [2.24, 2.45) is 0 Å². The van der Waals surface area contributed by atoms with Crippen molar-refractivity contribution in [2.75, 3.05) is 45.7 Å². The molecule has 2 amide bonds. The van der Waals surface area contributed by atoms with Gasteiger partial charge in [0.25, 0.3) is 0 Å². The molecule has 5 rings (SSSR count). The summed E-state index contributed by atoms with van der Waals surface area (Å²) in [5.74, 6) is 1.51. The molecule has 192 valence electrons. The molecule has 0 bridgehead atoms. The lowest BCUT2D eigenvalue weighted by Gasteiger charge is -2.40. The van der Waals surface area contributed by atoms with Crippen LogP contribution in [0.5, 0.6) is 11.5 Å². The fraction of sp³-hybridized carbons (Fsp3) is 0.280. The molecule has 4 aromatic rings. The topological polar surface area (TPSA) is 117 Å². The fourth-order valence-corrected chi connectivity index (χ4v) is 4.22. The molecular weight excluding hydrogens is 498 g/mol. The van der Waals surface area contributed by atoms with Crippen LogP contribution in [0.1, 0.15) is 0 Å². The van der Waals surface area contributed by atoms with Gasteiger partial charge in [0.2, 0.25) is 5.95 Å². The van der Waals surface area contributed by atoms with E-state index in [4.69, 9.17) is 26.2 Å². The first kappa shape index (κ1) is 24.6. The van der Waals surface area contributed by atoms with Crippen molar-refractivity contribution >= 4 is 34.9 Å². The number of aliphatic hydroxyl groups excluding tert-OH is 1. The first-order valence-corrected chi connectivity index (χ1v) is 12.0. The molecule has 12 heteroatoms. The van der Waals surface area contributed by atoms with E-state index in [1.54, 1.807) is 37.5 Å². The number of nitrogens with zero attached hydrogens (tertiary/aromatic N) is 6. The highest BCUT2D eigenvalue weighted by Crippen LogP contribution is 2.33. The Morgan fingerprint density at radius 1 is 1.24 bits per heavy atom. The van der Waals surface area contributed by atoms with Crippen LogP contribution in [0.4, 0.5) is 16.4 Å². The number of benzene rings is 1. The molecule has 4 heterocycles. The SMILES string of the molecule is COc1cc(OC2CN(C(=O)N(C)CCO)C2)ccc1Nc1ncc(Cl)c(-c2cnc3ccccn23)n1. The molecule has 0 saturated carbocycles. The number of methoxy groups -OCH3 is 1. The van der Waals surface area contributed by atoms with Gasteiger partial charge in [-0.2, -0.15) is 0 Å². The number of likely N-dealkylation sites (N-methyl/N-ethyl adjacent to an activating group) is 1. The number of amides is 2. The highest BCUT2D eigenvalue weighted by atomic mass is 35.5. The summed E-state index contributed by atoms with van der Waals surface area (Å²) in [5, 5.41) is 12.6. The van der Waals surface area contributed by atoms with Crippen LogP contribution in [0, 0.1) is 0 Å². The van der Waals surface area contributed by atoms with Crippen LogP contribution < -0.4 is 14.8 Å². The summed E-state index contributed by atoms with van der Waals surface area (Å²) >= 11 is 6.43. The second-order valence-electron chi connectivity index (χ2n) is 8.52. The zero-order valence-electron chi connectivity index (χ0n) is 20.3. The third kappa shape index (κ3) is 5.09. The van der Waals surface area contributed by atoms with Crippen LogP contribution in [0.25, 0.3) is 17.0 Å². The Balaban J connectivity index is 1.28. The van der Waals surface area contributed by atoms with E-state index in [9.17, 15) is 4.79 Å². The predicted octanol–water partition coefficient (Wildman–Crippen LogP) is 3.30. The van der Waals surface area contributed by atoms with E-state index in [1.807, 2.05) is 40.9 Å². The number of aromatic nitrogens is 4. The van der Waals surface area contributed by atoms with Crippen molar-refractivity contribution in [3.05, 3.63) is 60.0 Å². The number of likely N-dealkylation sites (tertiary alicyclic amines) is 1. The van der Waals surface area contributed by atoms with Gasteiger partial charge >= 0.3 is 6.03 Å². The minimum atomic E-state index is -0.128. The maximum atomic E-state index is 12.2. The molecular formula is C25H26ClN7O4. The van der Waals surface area contributed by atoms with E-state index in [0.29, 0.717) is 53.5 Å². The third-order valence-electron chi connectivity index (χ3n) is 6.01. The number of anilines is 2. The van der Waals surface area contributed by atoms with Gasteiger partial charge in [-0.25, -0.2) is 19.7 Å². The van der Waals surface area contributed by atoms with E-state index in [2.05, 4.69) is 20.3 Å². The minimum Gasteiger partial charge on any atom is -0.494 e. The average Bonchev–Trinajstić information content (AvgIpc) is 3.31. The number of halogens is 1. The molecule has 37 heavy (non-hydrogen) atoms. The normalized spacial score (nSPS) is 13.4. The quantitative estimate of drug-likeness (QED) is 0.361. The van der Waals surface area contributed by atoms with Gasteiger partial charge in [-0.3, -0.25) is 4.40 Å². The van der Waals surface area contributed by atoms with Crippen molar-refractivity contribution in [3.63, 3.8) is 0 Å². The van der Waals surface area contributed by atoms with Gasteiger partial charge in [0.05, 0.1) is 55.6 Å². The lowest BCUT2D eigenvalue weighted by atomic mass is 10.1. The Morgan fingerprint density at radius 2 is 2.08 bits per heavy atom. The van der Waals surface area contributed by atoms with E-state index in [1.165, 1.54) is 4.90 Å². The van der Waals surface area contributed by atoms with Crippen molar-refractivity contribution < 1.29 is 19.4 Å². The highest BCUT2D eigenvalue weighted by molar-refractivity contribution is 6.32. The zero-order valence-corrected chi connectivity index (χ0v) is 21.1. The maximum Gasteiger partial charge on any atom is 0.320 e. The highest BCUT2D eigenvalue weighted by Gasteiger charge is 2.34. The van der Waals surface area contributed by atoms with Crippen LogP contribution in [0.2, 0.25) is 5.02 Å². The monoisotopic (exact) mass is 523 g/mol. The summed E-state index contributed by atoms with van der Waals surface area (Å²) < 4.78 is 13.5. The Morgan fingerprint density at radius 3 is 2.86 bits per heavy atom. The molecule has 3 aromatic heterocycles. The first-order chi connectivity index (χ1) is 18.0. The molecule has 1 aliphatic heterocycles. The molecule has 1 fully saturated rings. The van der Waals surface area contributed by atoms with E-state index in [-0.39, 0.29) is 18.7 Å². The molecule has 0 spiro atoms. The average molecular weight is 524 g/mol. The van der Waals surface area contributed by atoms with Gasteiger partial charge in [-0.15, -0.1) is 0 Å². The molecule has 1 aliphatic rings. The summed E-state index contributed by atoms with van der Waals surface area (Å²) in [6, 6.07) is 11.0. The Labute approximate surface area is 218 Å². The molecule has 0 aliphatic carbocycles. The smallest absolute Gasteiger partial charge is 0.320 e. The second-order valence-corrected chi connectivity index (χ2v) is 8.93. The van der Waals surface area contributed by atoms with Gasteiger partial charge in [0.1, 0.15) is 28.9 Å². The van der Waals surface area contributed by atoms with Gasteiger partial charge in [0.15, 0.2) is 0 Å². The Bertz CT molecular complexity index is 1420. The number of rotatable bonds is 8. The predicted molar refractivity (Wildman–Crippen MR) is 139 cm³/mol. The van der Waals surface area contributed by atoms with Crippen molar-refractivity contribution in [1.82, 2.24) is 29.2 Å². The number of carbonyl (C=O) groups is 1. The standard InChI is InChI=1S/C25H26ClN7O4/c1-31(9-10-34)25(35)32-14-17(15-32)37-16-6-7-19(21(11-16)36-2)29-24-28-12-18(26)23(30-24)20-13-27-22-5-3-4-8-33(20)22/h3-8,11-13,17,34H,9-10,14-15H2,1-2H3,(H,28,29,30). The van der Waals surface area contributed by atoms with Crippen LogP contribution in [0.15, 0.2) is 55.0 Å². The van der Waals surface area contributed by atoms with Crippen LogP contribution in [0.3, 0.4) is 0 Å². The molecule has 0 radical (unpaired) electrons. The minimum absolute atomic E-state index is 0.0703. The largest absolute Gasteiger partial charge is 0.494 e. The number of aliphatic hydroxyl groups is 1. The summed E-state index contributed by atoms with van der Waals surface area (Å²) in [4.78, 5) is 28.8. The number of nitrogens with one attached hydrogen (secondary N) is 1. The molecule has 1 aromatic carbocycles. The van der Waals surface area contributed by atoms with Crippen LogP contribution >= 0.6 is 11.6 Å². The lowest BCUT2D eigenvalue weighted by molar-refractivity contribution is 0.0319. The lowest BCUT2D eigenvalue weighted by Crippen LogP contribution is -2.59. The number of fused-ring (bicyclic) bond motifs is 1. The van der Waals surface area contributed by atoms with Gasteiger partial charge in [-0.1, -0.05) is 17.7 Å². The van der Waals surface area contributed by atoms with E-state index < -0.39 is 0 Å². The number of imidazole rings is 1. The number of hydrogen-bond donors (Lipinski definition) is 2. The second kappa shape index (κ2) is 10.5. The van der Waals surface area contributed by atoms with Crippen LogP contribution in [-0.2, 0) is 0 Å². The van der Waals surface area contributed by atoms with Gasteiger partial charge in [-0.05, 0) is 24.3 Å². The summed E-state index contributed by atoms with van der Waals surface area (Å²) in [7, 11) is 3.23. The van der Waals surface area contributed by atoms with E-state index in [0.717, 1.165) is 11.3 Å². The van der Waals surface area contributed by atoms with E-state index >= 15 is 0 Å². The number of carbonyl (C=O) groups excluding carboxylic acids is 1. The summed E-state index contributed by atoms with van der Waals surface area (Å²) in [6.45, 7) is 1.17. The van der Waals surface area contributed by atoms with Crippen molar-refractivity contribution in [3.8, 4) is 22.9 Å². The molecule has 1 saturated heterocycles. The van der Waals surface area contributed by atoms with Crippen molar-refractivity contribution in [2.45, 2.75) is 6.10 Å². The third-order valence-corrected chi connectivity index (χ3v) is 6.28. The number of ether oxygens (including phenoxy) is 2. The Kier molecular flexibility index (Phi) is 6.97. The number of pyridine rings is 1. The Hall–Kier alpha value is -4.09.